The van der Waals surface area contributed by atoms with E-state index in [0.29, 0.717) is 0 Å². The SMILES string of the molecule is Cc1cccc(/C=C/C(=O)c2ccc(N3CCNCC3)cc2)c1. The number of carbonyl (C=O) groups is 1. The molecule has 23 heavy (non-hydrogen) atoms. The van der Waals surface area contributed by atoms with Crippen LogP contribution < -0.4 is 10.2 Å². The van der Waals surface area contributed by atoms with Crippen LogP contribution in [-0.4, -0.2) is 32.0 Å². The van der Waals surface area contributed by atoms with Gasteiger partial charge in [-0.1, -0.05) is 35.9 Å². The zero-order valence-electron chi connectivity index (χ0n) is 13.5. The maximum absolute atomic E-state index is 12.3. The van der Waals surface area contributed by atoms with E-state index in [-0.39, 0.29) is 5.78 Å². The number of piperazine rings is 1. The van der Waals surface area contributed by atoms with Crippen LogP contribution in [0.5, 0.6) is 0 Å². The summed E-state index contributed by atoms with van der Waals surface area (Å²) in [6.07, 6.45) is 3.52. The van der Waals surface area contributed by atoms with E-state index in [1.807, 2.05) is 55.5 Å². The summed E-state index contributed by atoms with van der Waals surface area (Å²) in [5.41, 5.74) is 4.16. The Bertz CT molecular complexity index is 698. The average molecular weight is 306 g/mol. The highest BCUT2D eigenvalue weighted by atomic mass is 16.1. The zero-order chi connectivity index (χ0) is 16.1. The summed E-state index contributed by atoms with van der Waals surface area (Å²) < 4.78 is 0. The van der Waals surface area contributed by atoms with Crippen LogP contribution in [0.4, 0.5) is 5.69 Å². The minimum atomic E-state index is 0.0402. The van der Waals surface area contributed by atoms with Crippen LogP contribution in [0.25, 0.3) is 6.08 Å². The zero-order valence-corrected chi connectivity index (χ0v) is 13.5. The van der Waals surface area contributed by atoms with Gasteiger partial charge in [0.2, 0.25) is 0 Å². The van der Waals surface area contributed by atoms with Crippen LogP contribution in [-0.2, 0) is 0 Å². The van der Waals surface area contributed by atoms with E-state index in [1.165, 1.54) is 11.3 Å². The van der Waals surface area contributed by atoms with Crippen molar-refractivity contribution in [3.63, 3.8) is 0 Å². The third-order valence-corrected chi connectivity index (χ3v) is 4.10. The summed E-state index contributed by atoms with van der Waals surface area (Å²) >= 11 is 0. The van der Waals surface area contributed by atoms with Crippen LogP contribution in [0, 0.1) is 6.92 Å². The number of allylic oxidation sites excluding steroid dienone is 1. The monoisotopic (exact) mass is 306 g/mol. The fraction of sp³-hybridized carbons (Fsp3) is 0.250. The molecule has 0 atom stereocenters. The number of ketones is 1. The summed E-state index contributed by atoms with van der Waals surface area (Å²) in [5, 5.41) is 3.35. The first kappa shape index (κ1) is 15.5. The molecule has 1 heterocycles. The summed E-state index contributed by atoms with van der Waals surface area (Å²) in [6, 6.07) is 16.0. The maximum atomic E-state index is 12.3. The molecule has 0 unspecified atom stereocenters. The summed E-state index contributed by atoms with van der Waals surface area (Å²) in [6.45, 7) is 6.11. The lowest BCUT2D eigenvalue weighted by Gasteiger charge is -2.29. The van der Waals surface area contributed by atoms with Crippen molar-refractivity contribution in [2.45, 2.75) is 6.92 Å². The van der Waals surface area contributed by atoms with Gasteiger partial charge in [-0.15, -0.1) is 0 Å². The Balaban J connectivity index is 1.67. The number of carbonyl (C=O) groups excluding carboxylic acids is 1. The molecule has 0 bridgehead atoms. The number of hydrogen-bond donors (Lipinski definition) is 1. The summed E-state index contributed by atoms with van der Waals surface area (Å²) in [7, 11) is 0. The van der Waals surface area contributed by atoms with E-state index in [0.717, 1.165) is 37.3 Å². The Morgan fingerprint density at radius 3 is 2.52 bits per heavy atom. The Hall–Kier alpha value is -2.39. The van der Waals surface area contributed by atoms with E-state index in [9.17, 15) is 4.79 Å². The molecule has 1 fully saturated rings. The molecule has 1 saturated heterocycles. The van der Waals surface area contributed by atoms with E-state index >= 15 is 0 Å². The number of benzene rings is 2. The predicted molar refractivity (Wildman–Crippen MR) is 96.1 cm³/mol. The van der Waals surface area contributed by atoms with Gasteiger partial charge < -0.3 is 10.2 Å². The Kier molecular flexibility index (Phi) is 4.89. The van der Waals surface area contributed by atoms with Crippen molar-refractivity contribution >= 4 is 17.5 Å². The molecule has 3 nitrogen and oxygen atoms in total. The Morgan fingerprint density at radius 1 is 1.09 bits per heavy atom. The van der Waals surface area contributed by atoms with E-state index in [4.69, 9.17) is 0 Å². The quantitative estimate of drug-likeness (QED) is 0.695. The van der Waals surface area contributed by atoms with Gasteiger partial charge in [-0.25, -0.2) is 0 Å². The highest BCUT2D eigenvalue weighted by Gasteiger charge is 2.10. The number of nitrogens with one attached hydrogen (secondary N) is 1. The van der Waals surface area contributed by atoms with Gasteiger partial charge in [0, 0.05) is 37.4 Å². The molecule has 1 N–H and O–H groups in total. The molecular formula is C20H22N2O. The highest BCUT2D eigenvalue weighted by Crippen LogP contribution is 2.16. The molecule has 3 rings (SSSR count). The predicted octanol–water partition coefficient (Wildman–Crippen LogP) is 3.30. The van der Waals surface area contributed by atoms with Gasteiger partial charge in [0.05, 0.1) is 0 Å². The Morgan fingerprint density at radius 2 is 1.83 bits per heavy atom. The lowest BCUT2D eigenvalue weighted by molar-refractivity contribution is 0.104. The second-order valence-corrected chi connectivity index (χ2v) is 5.90. The summed E-state index contributed by atoms with van der Waals surface area (Å²) in [5.74, 6) is 0.0402. The van der Waals surface area contributed by atoms with Crippen molar-refractivity contribution in [2.24, 2.45) is 0 Å². The first-order valence-electron chi connectivity index (χ1n) is 8.07. The lowest BCUT2D eigenvalue weighted by atomic mass is 10.1. The van der Waals surface area contributed by atoms with Gasteiger partial charge in [-0.2, -0.15) is 0 Å². The topological polar surface area (TPSA) is 32.3 Å². The van der Waals surface area contributed by atoms with Gasteiger partial charge in [-0.05, 0) is 42.8 Å². The number of rotatable bonds is 4. The van der Waals surface area contributed by atoms with Crippen LogP contribution in [0.15, 0.2) is 54.6 Å². The molecule has 2 aromatic rings. The average Bonchev–Trinajstić information content (AvgIpc) is 2.61. The van der Waals surface area contributed by atoms with Crippen molar-refractivity contribution in [1.82, 2.24) is 5.32 Å². The molecule has 3 heteroatoms. The molecule has 0 radical (unpaired) electrons. The van der Waals surface area contributed by atoms with Gasteiger partial charge in [0.1, 0.15) is 0 Å². The van der Waals surface area contributed by atoms with E-state index < -0.39 is 0 Å². The van der Waals surface area contributed by atoms with Gasteiger partial charge >= 0.3 is 0 Å². The van der Waals surface area contributed by atoms with E-state index in [1.54, 1.807) is 6.08 Å². The number of hydrogen-bond acceptors (Lipinski definition) is 3. The van der Waals surface area contributed by atoms with Crippen molar-refractivity contribution in [3.05, 3.63) is 71.3 Å². The smallest absolute Gasteiger partial charge is 0.185 e. The largest absolute Gasteiger partial charge is 0.369 e. The van der Waals surface area contributed by atoms with Gasteiger partial charge in [0.25, 0.3) is 0 Å². The molecule has 1 aliphatic heterocycles. The fourth-order valence-electron chi connectivity index (χ4n) is 2.80. The first-order valence-corrected chi connectivity index (χ1v) is 8.07. The van der Waals surface area contributed by atoms with Crippen LogP contribution in [0.1, 0.15) is 21.5 Å². The minimum absolute atomic E-state index is 0.0402. The van der Waals surface area contributed by atoms with Gasteiger partial charge in [-0.3, -0.25) is 4.79 Å². The molecule has 2 aromatic carbocycles. The standard InChI is InChI=1S/C20H22N2O/c1-16-3-2-4-17(15-16)5-10-20(23)18-6-8-19(9-7-18)22-13-11-21-12-14-22/h2-10,15,21H,11-14H2,1H3/b10-5+. The molecule has 118 valence electrons. The molecular weight excluding hydrogens is 284 g/mol. The fourth-order valence-corrected chi connectivity index (χ4v) is 2.80. The molecule has 1 aliphatic rings. The summed E-state index contributed by atoms with van der Waals surface area (Å²) in [4.78, 5) is 14.6. The number of anilines is 1. The maximum Gasteiger partial charge on any atom is 0.185 e. The van der Waals surface area contributed by atoms with Crippen LogP contribution in [0.2, 0.25) is 0 Å². The second-order valence-electron chi connectivity index (χ2n) is 5.90. The third kappa shape index (κ3) is 4.08. The normalized spacial score (nSPS) is 15.1. The molecule has 0 aliphatic carbocycles. The molecule has 0 saturated carbocycles. The first-order chi connectivity index (χ1) is 11.2. The highest BCUT2D eigenvalue weighted by molar-refractivity contribution is 6.07. The van der Waals surface area contributed by atoms with Gasteiger partial charge in [0.15, 0.2) is 5.78 Å². The lowest BCUT2D eigenvalue weighted by Crippen LogP contribution is -2.43. The van der Waals surface area contributed by atoms with E-state index in [2.05, 4.69) is 16.3 Å². The molecule has 0 spiro atoms. The minimum Gasteiger partial charge on any atom is -0.369 e. The third-order valence-electron chi connectivity index (χ3n) is 4.10. The van der Waals surface area contributed by atoms with Crippen molar-refractivity contribution < 1.29 is 4.79 Å². The van der Waals surface area contributed by atoms with Crippen molar-refractivity contribution in [3.8, 4) is 0 Å². The Labute approximate surface area is 137 Å². The van der Waals surface area contributed by atoms with Crippen molar-refractivity contribution in [1.29, 1.82) is 0 Å². The molecule has 0 aromatic heterocycles. The van der Waals surface area contributed by atoms with Crippen LogP contribution >= 0.6 is 0 Å². The number of nitrogens with zero attached hydrogens (tertiary/aromatic N) is 1. The second kappa shape index (κ2) is 7.25. The molecule has 0 amide bonds. The number of aryl methyl sites for hydroxylation is 1. The van der Waals surface area contributed by atoms with Crippen molar-refractivity contribution in [2.75, 3.05) is 31.1 Å². The van der Waals surface area contributed by atoms with Crippen LogP contribution in [0.3, 0.4) is 0 Å².